The zero-order valence-electron chi connectivity index (χ0n) is 17.4. The van der Waals surface area contributed by atoms with Gasteiger partial charge in [0.2, 0.25) is 0 Å². The lowest BCUT2D eigenvalue weighted by atomic mass is 10.1. The standard InChI is InChI=1S/C23H32N4O.HI/c1-24-23(26(2)17-20-6-4-3-5-7-20)25-16-19-8-10-21(11-9-19)18-27-14-12-22(28)13-15-27;/h3-11,22,28H,12-18H2,1-2H3,(H,24,25);1H. The number of aliphatic hydroxyl groups is 1. The molecule has 0 saturated carbocycles. The first-order chi connectivity index (χ1) is 13.6. The Morgan fingerprint density at radius 3 is 2.28 bits per heavy atom. The van der Waals surface area contributed by atoms with Crippen LogP contribution >= 0.6 is 24.0 Å². The highest BCUT2D eigenvalue weighted by molar-refractivity contribution is 14.0. The number of nitrogens with zero attached hydrogens (tertiary/aromatic N) is 3. The van der Waals surface area contributed by atoms with E-state index >= 15 is 0 Å². The summed E-state index contributed by atoms with van der Waals surface area (Å²) in [4.78, 5) is 8.96. The Labute approximate surface area is 191 Å². The summed E-state index contributed by atoms with van der Waals surface area (Å²) < 4.78 is 0. The molecule has 2 aromatic carbocycles. The van der Waals surface area contributed by atoms with Crippen LogP contribution in [0.15, 0.2) is 59.6 Å². The first kappa shape index (κ1) is 23.6. The van der Waals surface area contributed by atoms with E-state index in [9.17, 15) is 5.11 Å². The molecule has 0 spiro atoms. The van der Waals surface area contributed by atoms with Crippen LogP contribution in [-0.4, -0.2) is 54.2 Å². The maximum atomic E-state index is 9.63. The zero-order chi connectivity index (χ0) is 19.8. The van der Waals surface area contributed by atoms with Crippen molar-refractivity contribution in [1.82, 2.24) is 15.1 Å². The predicted molar refractivity (Wildman–Crippen MR) is 130 cm³/mol. The van der Waals surface area contributed by atoms with Gasteiger partial charge in [0.15, 0.2) is 5.96 Å². The van der Waals surface area contributed by atoms with E-state index in [1.807, 2.05) is 13.1 Å². The van der Waals surface area contributed by atoms with Crippen molar-refractivity contribution in [2.75, 3.05) is 27.2 Å². The molecule has 1 heterocycles. The van der Waals surface area contributed by atoms with Gasteiger partial charge in [0, 0.05) is 46.8 Å². The molecule has 6 heteroatoms. The molecule has 29 heavy (non-hydrogen) atoms. The van der Waals surface area contributed by atoms with Gasteiger partial charge in [0.1, 0.15) is 0 Å². The molecule has 3 rings (SSSR count). The van der Waals surface area contributed by atoms with E-state index in [2.05, 4.69) is 75.7 Å². The predicted octanol–water partition coefficient (Wildman–Crippen LogP) is 3.47. The van der Waals surface area contributed by atoms with Crippen LogP contribution in [0.5, 0.6) is 0 Å². The molecular formula is C23H33IN4O. The van der Waals surface area contributed by atoms with Crippen LogP contribution in [0.3, 0.4) is 0 Å². The fourth-order valence-corrected chi connectivity index (χ4v) is 3.60. The molecule has 5 nitrogen and oxygen atoms in total. The van der Waals surface area contributed by atoms with Crippen molar-refractivity contribution in [3.05, 3.63) is 71.3 Å². The third-order valence-corrected chi connectivity index (χ3v) is 5.27. The SMILES string of the molecule is CN=C(NCc1ccc(CN2CCC(O)CC2)cc1)N(C)Cc1ccccc1.I. The van der Waals surface area contributed by atoms with Gasteiger partial charge in [-0.05, 0) is 29.5 Å². The maximum Gasteiger partial charge on any atom is 0.193 e. The highest BCUT2D eigenvalue weighted by atomic mass is 127. The molecule has 1 fully saturated rings. The highest BCUT2D eigenvalue weighted by Gasteiger charge is 2.16. The number of benzene rings is 2. The van der Waals surface area contributed by atoms with E-state index < -0.39 is 0 Å². The van der Waals surface area contributed by atoms with E-state index in [-0.39, 0.29) is 30.1 Å². The van der Waals surface area contributed by atoms with Crippen molar-refractivity contribution in [2.45, 2.75) is 38.6 Å². The molecule has 1 saturated heterocycles. The number of rotatable bonds is 6. The summed E-state index contributed by atoms with van der Waals surface area (Å²) in [6.07, 6.45) is 1.66. The number of hydrogen-bond donors (Lipinski definition) is 2. The van der Waals surface area contributed by atoms with Gasteiger partial charge in [-0.25, -0.2) is 0 Å². The molecule has 0 unspecified atom stereocenters. The number of aliphatic hydroxyl groups excluding tert-OH is 1. The minimum atomic E-state index is -0.112. The minimum absolute atomic E-state index is 0. The summed E-state index contributed by atoms with van der Waals surface area (Å²) >= 11 is 0. The summed E-state index contributed by atoms with van der Waals surface area (Å²) in [5.41, 5.74) is 3.83. The molecule has 158 valence electrons. The minimum Gasteiger partial charge on any atom is -0.393 e. The molecule has 2 aromatic rings. The van der Waals surface area contributed by atoms with Gasteiger partial charge in [-0.2, -0.15) is 0 Å². The Balaban J connectivity index is 0.00000300. The van der Waals surface area contributed by atoms with Gasteiger partial charge in [0.05, 0.1) is 6.10 Å². The lowest BCUT2D eigenvalue weighted by Gasteiger charge is -2.29. The van der Waals surface area contributed by atoms with Crippen LogP contribution in [0.1, 0.15) is 29.5 Å². The molecule has 0 amide bonds. The van der Waals surface area contributed by atoms with Gasteiger partial charge >= 0.3 is 0 Å². The Morgan fingerprint density at radius 2 is 1.66 bits per heavy atom. The quantitative estimate of drug-likeness (QED) is 0.357. The second kappa shape index (κ2) is 12.1. The third-order valence-electron chi connectivity index (χ3n) is 5.27. The lowest BCUT2D eigenvalue weighted by Crippen LogP contribution is -2.38. The second-order valence-electron chi connectivity index (χ2n) is 7.57. The fourth-order valence-electron chi connectivity index (χ4n) is 3.60. The molecule has 0 atom stereocenters. The van der Waals surface area contributed by atoms with Crippen molar-refractivity contribution in [3.63, 3.8) is 0 Å². The first-order valence-electron chi connectivity index (χ1n) is 10.1. The number of halogens is 1. The molecular weight excluding hydrogens is 475 g/mol. The van der Waals surface area contributed by atoms with E-state index in [4.69, 9.17) is 0 Å². The van der Waals surface area contributed by atoms with E-state index in [0.717, 1.165) is 51.5 Å². The second-order valence-corrected chi connectivity index (χ2v) is 7.57. The van der Waals surface area contributed by atoms with Crippen molar-refractivity contribution in [3.8, 4) is 0 Å². The van der Waals surface area contributed by atoms with E-state index in [0.29, 0.717) is 0 Å². The summed E-state index contributed by atoms with van der Waals surface area (Å²) in [5, 5.41) is 13.1. The molecule has 2 N–H and O–H groups in total. The average molecular weight is 508 g/mol. The van der Waals surface area contributed by atoms with Crippen molar-refractivity contribution < 1.29 is 5.11 Å². The van der Waals surface area contributed by atoms with Crippen molar-refractivity contribution >= 4 is 29.9 Å². The summed E-state index contributed by atoms with van der Waals surface area (Å²) in [6.45, 7) is 4.50. The van der Waals surface area contributed by atoms with E-state index in [1.165, 1.54) is 16.7 Å². The highest BCUT2D eigenvalue weighted by Crippen LogP contribution is 2.14. The van der Waals surface area contributed by atoms with Gasteiger partial charge in [0.25, 0.3) is 0 Å². The number of likely N-dealkylation sites (tertiary alicyclic amines) is 1. The van der Waals surface area contributed by atoms with Crippen LogP contribution in [0, 0.1) is 0 Å². The summed E-state index contributed by atoms with van der Waals surface area (Å²) in [5.74, 6) is 0.889. The fraction of sp³-hybridized carbons (Fsp3) is 0.435. The normalized spacial score (nSPS) is 15.6. The third kappa shape index (κ3) is 7.60. The van der Waals surface area contributed by atoms with Gasteiger partial charge in [-0.15, -0.1) is 24.0 Å². The number of nitrogens with one attached hydrogen (secondary N) is 1. The van der Waals surface area contributed by atoms with Gasteiger partial charge in [-0.1, -0.05) is 54.6 Å². The smallest absolute Gasteiger partial charge is 0.193 e. The monoisotopic (exact) mass is 508 g/mol. The average Bonchev–Trinajstić information content (AvgIpc) is 2.72. The molecule has 0 bridgehead atoms. The van der Waals surface area contributed by atoms with Crippen molar-refractivity contribution in [1.29, 1.82) is 0 Å². The molecule has 1 aliphatic rings. The Bertz CT molecular complexity index is 743. The summed E-state index contributed by atoms with van der Waals surface area (Å²) in [7, 11) is 3.88. The van der Waals surface area contributed by atoms with Gasteiger partial charge < -0.3 is 15.3 Å². The zero-order valence-corrected chi connectivity index (χ0v) is 19.8. The van der Waals surface area contributed by atoms with Crippen molar-refractivity contribution in [2.24, 2.45) is 4.99 Å². The number of guanidine groups is 1. The first-order valence-corrected chi connectivity index (χ1v) is 10.1. The Morgan fingerprint density at radius 1 is 1.03 bits per heavy atom. The number of piperidine rings is 1. The Hall–Kier alpha value is -1.64. The summed E-state index contributed by atoms with van der Waals surface area (Å²) in [6, 6.07) is 19.2. The number of hydrogen-bond acceptors (Lipinski definition) is 3. The molecule has 0 radical (unpaired) electrons. The van der Waals surface area contributed by atoms with Crippen LogP contribution in [-0.2, 0) is 19.6 Å². The number of aliphatic imine (C=N–C) groups is 1. The van der Waals surface area contributed by atoms with Crippen LogP contribution in [0.25, 0.3) is 0 Å². The molecule has 1 aliphatic heterocycles. The molecule has 0 aliphatic carbocycles. The largest absolute Gasteiger partial charge is 0.393 e. The van der Waals surface area contributed by atoms with Crippen LogP contribution < -0.4 is 5.32 Å². The molecule has 0 aromatic heterocycles. The maximum absolute atomic E-state index is 9.63. The topological polar surface area (TPSA) is 51.1 Å². The van der Waals surface area contributed by atoms with Crippen LogP contribution in [0.4, 0.5) is 0 Å². The Kier molecular flexibility index (Phi) is 9.90. The van der Waals surface area contributed by atoms with E-state index in [1.54, 1.807) is 0 Å². The van der Waals surface area contributed by atoms with Crippen LogP contribution in [0.2, 0.25) is 0 Å². The lowest BCUT2D eigenvalue weighted by molar-refractivity contribution is 0.0792. The van der Waals surface area contributed by atoms with Gasteiger partial charge in [-0.3, -0.25) is 9.89 Å².